The van der Waals surface area contributed by atoms with Crippen molar-refractivity contribution in [2.75, 3.05) is 18.4 Å². The van der Waals surface area contributed by atoms with E-state index in [1.807, 2.05) is 12.1 Å². The SMILES string of the molecule is O=C1c2ccccc2C(=O)N1CCCCCCCNc1c2c(nc3ccccc13)CCCC2. The van der Waals surface area contributed by atoms with E-state index in [9.17, 15) is 9.59 Å². The number of benzene rings is 2. The number of carbonyl (C=O) groups is 2. The summed E-state index contributed by atoms with van der Waals surface area (Å²) in [6.07, 6.45) is 9.93. The van der Waals surface area contributed by atoms with Gasteiger partial charge in [-0.2, -0.15) is 0 Å². The van der Waals surface area contributed by atoms with Crippen molar-refractivity contribution in [1.82, 2.24) is 9.88 Å². The highest BCUT2D eigenvalue weighted by atomic mass is 16.2. The van der Waals surface area contributed by atoms with Crippen LogP contribution in [0.1, 0.15) is 76.9 Å². The van der Waals surface area contributed by atoms with Crippen molar-refractivity contribution >= 4 is 28.4 Å². The fourth-order valence-corrected chi connectivity index (χ4v) is 5.16. The monoisotopic (exact) mass is 441 g/mol. The summed E-state index contributed by atoms with van der Waals surface area (Å²) < 4.78 is 0. The Labute approximate surface area is 195 Å². The van der Waals surface area contributed by atoms with Gasteiger partial charge in [-0.1, -0.05) is 49.6 Å². The predicted molar refractivity (Wildman–Crippen MR) is 132 cm³/mol. The third-order valence-electron chi connectivity index (χ3n) is 6.91. The first-order chi connectivity index (χ1) is 16.2. The Morgan fingerprint density at radius 2 is 1.45 bits per heavy atom. The van der Waals surface area contributed by atoms with Gasteiger partial charge in [0.2, 0.25) is 0 Å². The minimum Gasteiger partial charge on any atom is -0.384 e. The average Bonchev–Trinajstić information content (AvgIpc) is 3.10. The number of para-hydroxylation sites is 1. The number of aryl methyl sites for hydroxylation is 1. The second-order valence-corrected chi connectivity index (χ2v) is 9.14. The molecule has 1 N–H and O–H groups in total. The molecule has 5 heteroatoms. The lowest BCUT2D eigenvalue weighted by molar-refractivity contribution is 0.0651. The van der Waals surface area contributed by atoms with Gasteiger partial charge in [-0.3, -0.25) is 19.5 Å². The van der Waals surface area contributed by atoms with E-state index in [1.54, 1.807) is 12.1 Å². The Morgan fingerprint density at radius 1 is 0.788 bits per heavy atom. The van der Waals surface area contributed by atoms with E-state index in [0.29, 0.717) is 17.7 Å². The molecule has 0 saturated heterocycles. The maximum atomic E-state index is 12.4. The lowest BCUT2D eigenvalue weighted by Gasteiger charge is -2.21. The summed E-state index contributed by atoms with van der Waals surface area (Å²) in [4.78, 5) is 31.2. The number of fused-ring (bicyclic) bond motifs is 3. The van der Waals surface area contributed by atoms with Crippen molar-refractivity contribution in [1.29, 1.82) is 0 Å². The molecule has 33 heavy (non-hydrogen) atoms. The molecule has 1 aromatic heterocycles. The summed E-state index contributed by atoms with van der Waals surface area (Å²) in [6, 6.07) is 15.6. The standard InChI is InChI=1S/C28H31N3O2/c32-27-20-12-4-5-13-21(20)28(33)31(27)19-11-3-1-2-10-18-29-26-22-14-6-8-16-24(22)30-25-17-9-7-15-23(25)26/h4-6,8,12-14,16H,1-3,7,9-11,15,17-19H2,(H,29,30). The van der Waals surface area contributed by atoms with Gasteiger partial charge >= 0.3 is 0 Å². The van der Waals surface area contributed by atoms with Crippen LogP contribution in [0.25, 0.3) is 10.9 Å². The van der Waals surface area contributed by atoms with Crippen LogP contribution in [0.15, 0.2) is 48.5 Å². The molecule has 2 aliphatic rings. The van der Waals surface area contributed by atoms with Gasteiger partial charge in [-0.05, 0) is 62.3 Å². The van der Waals surface area contributed by atoms with Crippen LogP contribution in [0.5, 0.6) is 0 Å². The van der Waals surface area contributed by atoms with Crippen LogP contribution < -0.4 is 5.32 Å². The van der Waals surface area contributed by atoms with E-state index in [0.717, 1.165) is 57.0 Å². The molecule has 1 aliphatic carbocycles. The number of carbonyl (C=O) groups excluding carboxylic acids is 2. The molecule has 0 spiro atoms. The van der Waals surface area contributed by atoms with E-state index in [4.69, 9.17) is 4.98 Å². The molecule has 3 aromatic rings. The molecule has 0 radical (unpaired) electrons. The second kappa shape index (κ2) is 9.74. The lowest BCUT2D eigenvalue weighted by atomic mass is 9.92. The highest BCUT2D eigenvalue weighted by molar-refractivity contribution is 6.21. The molecule has 0 fully saturated rings. The average molecular weight is 442 g/mol. The van der Waals surface area contributed by atoms with Gasteiger partial charge < -0.3 is 5.32 Å². The molecule has 2 aromatic carbocycles. The second-order valence-electron chi connectivity index (χ2n) is 9.14. The van der Waals surface area contributed by atoms with E-state index < -0.39 is 0 Å². The fourth-order valence-electron chi connectivity index (χ4n) is 5.16. The van der Waals surface area contributed by atoms with E-state index in [-0.39, 0.29) is 11.8 Å². The molecule has 170 valence electrons. The number of nitrogens with zero attached hydrogens (tertiary/aromatic N) is 2. The van der Waals surface area contributed by atoms with Crippen LogP contribution in [0.4, 0.5) is 5.69 Å². The molecule has 0 bridgehead atoms. The van der Waals surface area contributed by atoms with Crippen LogP contribution in [0.2, 0.25) is 0 Å². The lowest BCUT2D eigenvalue weighted by Crippen LogP contribution is -2.30. The van der Waals surface area contributed by atoms with Crippen molar-refractivity contribution in [2.45, 2.75) is 57.8 Å². The maximum Gasteiger partial charge on any atom is 0.261 e. The minimum absolute atomic E-state index is 0.146. The maximum absolute atomic E-state index is 12.4. The molecule has 5 rings (SSSR count). The Bertz CT molecular complexity index is 1150. The Balaban J connectivity index is 1.07. The van der Waals surface area contributed by atoms with Gasteiger partial charge in [0, 0.05) is 29.9 Å². The molecule has 0 unspecified atom stereocenters. The number of rotatable bonds is 9. The number of unbranched alkanes of at least 4 members (excludes halogenated alkanes) is 4. The van der Waals surface area contributed by atoms with Gasteiger partial charge in [0.05, 0.1) is 16.6 Å². The number of nitrogens with one attached hydrogen (secondary N) is 1. The zero-order valence-corrected chi connectivity index (χ0v) is 19.1. The van der Waals surface area contributed by atoms with Crippen molar-refractivity contribution in [3.8, 4) is 0 Å². The van der Waals surface area contributed by atoms with Gasteiger partial charge in [0.25, 0.3) is 11.8 Å². The van der Waals surface area contributed by atoms with Crippen molar-refractivity contribution in [3.63, 3.8) is 0 Å². The van der Waals surface area contributed by atoms with E-state index in [1.165, 1.54) is 40.1 Å². The smallest absolute Gasteiger partial charge is 0.261 e. The topological polar surface area (TPSA) is 62.3 Å². The van der Waals surface area contributed by atoms with Gasteiger partial charge in [-0.15, -0.1) is 0 Å². The molecule has 1 aliphatic heterocycles. The Morgan fingerprint density at radius 3 is 2.27 bits per heavy atom. The first-order valence-corrected chi connectivity index (χ1v) is 12.3. The number of pyridine rings is 1. The fraction of sp³-hybridized carbons (Fsp3) is 0.393. The predicted octanol–water partition coefficient (Wildman–Crippen LogP) is 5.77. The number of aromatic nitrogens is 1. The van der Waals surface area contributed by atoms with Crippen LogP contribution >= 0.6 is 0 Å². The summed E-state index contributed by atoms with van der Waals surface area (Å²) in [5.41, 5.74) is 6.16. The molecular weight excluding hydrogens is 410 g/mol. The molecule has 0 saturated carbocycles. The molecule has 2 heterocycles. The normalized spacial score (nSPS) is 15.1. The van der Waals surface area contributed by atoms with Crippen LogP contribution in [-0.4, -0.2) is 34.8 Å². The minimum atomic E-state index is -0.146. The number of imide groups is 1. The first-order valence-electron chi connectivity index (χ1n) is 12.3. The van der Waals surface area contributed by atoms with E-state index in [2.05, 4.69) is 29.6 Å². The summed E-state index contributed by atoms with van der Waals surface area (Å²) in [7, 11) is 0. The highest BCUT2D eigenvalue weighted by Gasteiger charge is 2.34. The van der Waals surface area contributed by atoms with Gasteiger partial charge in [0.1, 0.15) is 0 Å². The third-order valence-corrected chi connectivity index (χ3v) is 6.91. The van der Waals surface area contributed by atoms with Crippen molar-refractivity contribution in [2.24, 2.45) is 0 Å². The molecule has 0 atom stereocenters. The molecule has 5 nitrogen and oxygen atoms in total. The highest BCUT2D eigenvalue weighted by Crippen LogP contribution is 2.33. The van der Waals surface area contributed by atoms with Gasteiger partial charge in [0.15, 0.2) is 0 Å². The Kier molecular flexibility index (Phi) is 6.38. The number of anilines is 1. The number of amides is 2. The zero-order valence-electron chi connectivity index (χ0n) is 19.1. The summed E-state index contributed by atoms with van der Waals surface area (Å²) >= 11 is 0. The van der Waals surface area contributed by atoms with Gasteiger partial charge in [-0.25, -0.2) is 0 Å². The molecule has 2 amide bonds. The Hall–Kier alpha value is -3.21. The summed E-state index contributed by atoms with van der Waals surface area (Å²) in [5.74, 6) is -0.291. The van der Waals surface area contributed by atoms with Crippen LogP contribution in [-0.2, 0) is 12.8 Å². The van der Waals surface area contributed by atoms with Crippen molar-refractivity contribution in [3.05, 3.63) is 70.9 Å². The molecular formula is C28H31N3O2. The van der Waals surface area contributed by atoms with E-state index >= 15 is 0 Å². The summed E-state index contributed by atoms with van der Waals surface area (Å²) in [5, 5.41) is 4.97. The van der Waals surface area contributed by atoms with Crippen LogP contribution in [0, 0.1) is 0 Å². The number of hydrogen-bond acceptors (Lipinski definition) is 4. The third kappa shape index (κ3) is 4.37. The first kappa shape index (κ1) is 21.6. The quantitative estimate of drug-likeness (QED) is 0.338. The zero-order chi connectivity index (χ0) is 22.6. The number of hydrogen-bond donors (Lipinski definition) is 1. The largest absolute Gasteiger partial charge is 0.384 e. The summed E-state index contributed by atoms with van der Waals surface area (Å²) in [6.45, 7) is 1.47. The van der Waals surface area contributed by atoms with Crippen molar-refractivity contribution < 1.29 is 9.59 Å². The van der Waals surface area contributed by atoms with Crippen LogP contribution in [0.3, 0.4) is 0 Å².